The summed E-state index contributed by atoms with van der Waals surface area (Å²) in [6.07, 6.45) is 7.58. The minimum atomic E-state index is 0.0888. The Hall–Kier alpha value is -5.87. The number of oxazole rings is 1. The van der Waals surface area contributed by atoms with E-state index in [4.69, 9.17) is 13.8 Å². The van der Waals surface area contributed by atoms with Crippen molar-refractivity contribution >= 4 is 60.8 Å². The number of rotatable bonds is 5. The lowest BCUT2D eigenvalue weighted by Crippen LogP contribution is -2.33. The van der Waals surface area contributed by atoms with Crippen molar-refractivity contribution in [1.29, 1.82) is 0 Å². The van der Waals surface area contributed by atoms with Gasteiger partial charge in [-0.15, -0.1) is 0 Å². The zero-order chi connectivity index (χ0) is 29.7. The van der Waals surface area contributed by atoms with Crippen LogP contribution in [0.5, 0.6) is 0 Å². The van der Waals surface area contributed by atoms with Crippen LogP contribution < -0.4 is 4.90 Å². The van der Waals surface area contributed by atoms with E-state index < -0.39 is 0 Å². The van der Waals surface area contributed by atoms with Crippen molar-refractivity contribution in [3.05, 3.63) is 157 Å². The van der Waals surface area contributed by atoms with Gasteiger partial charge >= 0.3 is 0 Å². The first-order chi connectivity index (χ1) is 22.3. The molecule has 1 aliphatic rings. The summed E-state index contributed by atoms with van der Waals surface area (Å²) in [7, 11) is 0. The Morgan fingerprint density at radius 3 is 2.16 bits per heavy atom. The summed E-state index contributed by atoms with van der Waals surface area (Å²) in [6, 6.07) is 46.6. The van der Waals surface area contributed by atoms with Crippen LogP contribution in [0.15, 0.2) is 161 Å². The summed E-state index contributed by atoms with van der Waals surface area (Å²) >= 11 is 0. The molecule has 0 amide bonds. The number of benzene rings is 6. The van der Waals surface area contributed by atoms with E-state index in [2.05, 4.69) is 108 Å². The lowest BCUT2D eigenvalue weighted by molar-refractivity contribution is 0.620. The first kappa shape index (κ1) is 25.6. The summed E-state index contributed by atoms with van der Waals surface area (Å²) in [5.41, 5.74) is 9.17. The van der Waals surface area contributed by atoms with Gasteiger partial charge in [0.05, 0.1) is 6.04 Å². The summed E-state index contributed by atoms with van der Waals surface area (Å²) < 4.78 is 12.4. The lowest BCUT2D eigenvalue weighted by atomic mass is 9.90. The number of allylic oxidation sites excluding steroid dienone is 2. The van der Waals surface area contributed by atoms with Gasteiger partial charge in [0.25, 0.3) is 0 Å². The molecule has 4 heteroatoms. The molecule has 0 N–H and O–H groups in total. The molecule has 0 aliphatic heterocycles. The molecule has 0 fully saturated rings. The SMILES string of the molecule is C1=CCC(N(c2ccc3c(ccc4oc(-c5ccccc5)nc43)c2)c2ccc3oc4ccccc4c3c2)C(c2ccccc2)=C1. The maximum absolute atomic E-state index is 6.20. The van der Waals surface area contributed by atoms with Crippen LogP contribution in [0, 0.1) is 0 Å². The summed E-state index contributed by atoms with van der Waals surface area (Å²) in [5.74, 6) is 0.635. The third kappa shape index (κ3) is 4.34. The van der Waals surface area contributed by atoms with Gasteiger partial charge in [-0.1, -0.05) is 91.0 Å². The Morgan fingerprint density at radius 2 is 1.29 bits per heavy atom. The van der Waals surface area contributed by atoms with E-state index in [0.29, 0.717) is 5.89 Å². The molecular formula is C41H28N2O2. The van der Waals surface area contributed by atoms with Crippen molar-refractivity contribution in [1.82, 2.24) is 4.98 Å². The molecule has 9 rings (SSSR count). The second kappa shape index (κ2) is 10.4. The number of hydrogen-bond donors (Lipinski definition) is 0. The number of furan rings is 1. The molecular weight excluding hydrogens is 552 g/mol. The Morgan fingerprint density at radius 1 is 0.578 bits per heavy atom. The Kier molecular flexibility index (Phi) is 5.91. The number of para-hydroxylation sites is 1. The van der Waals surface area contributed by atoms with Crippen molar-refractivity contribution in [2.45, 2.75) is 12.5 Å². The van der Waals surface area contributed by atoms with Gasteiger partial charge in [0.15, 0.2) is 5.58 Å². The molecule has 2 aromatic heterocycles. The first-order valence-electron chi connectivity index (χ1n) is 15.3. The Balaban J connectivity index is 1.22. The monoisotopic (exact) mass is 580 g/mol. The maximum atomic E-state index is 6.20. The van der Waals surface area contributed by atoms with E-state index in [1.165, 1.54) is 11.1 Å². The molecule has 1 atom stereocenters. The van der Waals surface area contributed by atoms with Crippen molar-refractivity contribution in [3.63, 3.8) is 0 Å². The van der Waals surface area contributed by atoms with Crippen LogP contribution in [0.2, 0.25) is 0 Å². The van der Waals surface area contributed by atoms with Crippen LogP contribution in [-0.2, 0) is 0 Å². The van der Waals surface area contributed by atoms with Crippen LogP contribution in [0.4, 0.5) is 11.4 Å². The van der Waals surface area contributed by atoms with Crippen molar-refractivity contribution < 1.29 is 8.83 Å². The van der Waals surface area contributed by atoms with Gasteiger partial charge < -0.3 is 13.7 Å². The first-order valence-corrected chi connectivity index (χ1v) is 15.3. The normalized spacial score (nSPS) is 14.8. The molecule has 0 saturated heterocycles. The summed E-state index contributed by atoms with van der Waals surface area (Å²) in [4.78, 5) is 7.41. The van der Waals surface area contributed by atoms with Gasteiger partial charge in [-0.2, -0.15) is 0 Å². The predicted molar refractivity (Wildman–Crippen MR) is 185 cm³/mol. The molecule has 6 aromatic carbocycles. The van der Waals surface area contributed by atoms with E-state index >= 15 is 0 Å². The fraction of sp³-hybridized carbons (Fsp3) is 0.0488. The Bertz CT molecular complexity index is 2420. The molecule has 8 aromatic rings. The number of aromatic nitrogens is 1. The zero-order valence-corrected chi connectivity index (χ0v) is 24.4. The highest BCUT2D eigenvalue weighted by molar-refractivity contribution is 6.07. The van der Waals surface area contributed by atoms with Gasteiger partial charge in [0.2, 0.25) is 5.89 Å². The van der Waals surface area contributed by atoms with Gasteiger partial charge in [0.1, 0.15) is 16.7 Å². The molecule has 0 radical (unpaired) electrons. The fourth-order valence-corrected chi connectivity index (χ4v) is 6.71. The maximum Gasteiger partial charge on any atom is 0.227 e. The zero-order valence-electron chi connectivity index (χ0n) is 24.4. The lowest BCUT2D eigenvalue weighted by Gasteiger charge is -2.36. The number of fused-ring (bicyclic) bond motifs is 6. The highest BCUT2D eigenvalue weighted by Gasteiger charge is 2.27. The van der Waals surface area contributed by atoms with E-state index in [9.17, 15) is 0 Å². The molecule has 0 saturated carbocycles. The third-order valence-corrected chi connectivity index (χ3v) is 8.84. The van der Waals surface area contributed by atoms with Crippen LogP contribution in [0.1, 0.15) is 12.0 Å². The van der Waals surface area contributed by atoms with Crippen molar-refractivity contribution in [2.75, 3.05) is 4.90 Å². The molecule has 4 nitrogen and oxygen atoms in total. The Labute approximate surface area is 260 Å². The summed E-state index contributed by atoms with van der Waals surface area (Å²) in [6.45, 7) is 0. The average Bonchev–Trinajstić information content (AvgIpc) is 3.71. The fourth-order valence-electron chi connectivity index (χ4n) is 6.71. The van der Waals surface area contributed by atoms with Crippen LogP contribution in [0.25, 0.3) is 60.8 Å². The predicted octanol–water partition coefficient (Wildman–Crippen LogP) is 11.1. The van der Waals surface area contributed by atoms with Gasteiger partial charge in [-0.05, 0) is 83.6 Å². The van der Waals surface area contributed by atoms with E-state index in [1.807, 2.05) is 48.5 Å². The molecule has 0 spiro atoms. The quantitative estimate of drug-likeness (QED) is 0.203. The van der Waals surface area contributed by atoms with Crippen molar-refractivity contribution in [3.8, 4) is 11.5 Å². The molecule has 0 bridgehead atoms. The molecule has 45 heavy (non-hydrogen) atoms. The number of anilines is 2. The van der Waals surface area contributed by atoms with Crippen LogP contribution in [0.3, 0.4) is 0 Å². The molecule has 214 valence electrons. The second-order valence-electron chi connectivity index (χ2n) is 11.5. The van der Waals surface area contributed by atoms with Crippen LogP contribution >= 0.6 is 0 Å². The van der Waals surface area contributed by atoms with Gasteiger partial charge in [-0.25, -0.2) is 4.98 Å². The van der Waals surface area contributed by atoms with Crippen molar-refractivity contribution in [2.24, 2.45) is 0 Å². The highest BCUT2D eigenvalue weighted by atomic mass is 16.3. The molecule has 2 heterocycles. The highest BCUT2D eigenvalue weighted by Crippen LogP contribution is 2.41. The van der Waals surface area contributed by atoms with E-state index in [-0.39, 0.29) is 6.04 Å². The third-order valence-electron chi connectivity index (χ3n) is 8.84. The van der Waals surface area contributed by atoms with E-state index in [0.717, 1.165) is 67.2 Å². The largest absolute Gasteiger partial charge is 0.456 e. The smallest absolute Gasteiger partial charge is 0.227 e. The molecule has 1 unspecified atom stereocenters. The average molecular weight is 581 g/mol. The number of nitrogens with zero attached hydrogens (tertiary/aromatic N) is 2. The second-order valence-corrected chi connectivity index (χ2v) is 11.5. The minimum Gasteiger partial charge on any atom is -0.456 e. The van der Waals surface area contributed by atoms with Crippen LogP contribution in [-0.4, -0.2) is 11.0 Å². The van der Waals surface area contributed by atoms with Gasteiger partial charge in [-0.3, -0.25) is 0 Å². The molecule has 1 aliphatic carbocycles. The minimum absolute atomic E-state index is 0.0888. The topological polar surface area (TPSA) is 42.4 Å². The van der Waals surface area contributed by atoms with Gasteiger partial charge in [0, 0.05) is 33.1 Å². The standard InChI is InChI=1S/C41H28N2O2/c1-3-11-27(12-4-1)32-15-7-9-17-36(32)43(31-21-24-38-35(26-31)34-16-8-10-18-37(34)44-38)30-20-22-33-29(25-30)19-23-39-40(33)42-41(45-39)28-13-5-2-6-14-28/h1-16,18-26,36H,17H2. The van der Waals surface area contributed by atoms with E-state index in [1.54, 1.807) is 0 Å². The number of hydrogen-bond acceptors (Lipinski definition) is 4. The summed E-state index contributed by atoms with van der Waals surface area (Å²) in [5, 5.41) is 4.42.